The maximum Gasteiger partial charge on any atom is 0.338 e. The van der Waals surface area contributed by atoms with Crippen molar-refractivity contribution in [3.8, 4) is 0 Å². The lowest BCUT2D eigenvalue weighted by atomic mass is 10.1. The Morgan fingerprint density at radius 1 is 1.31 bits per heavy atom. The molecule has 16 heavy (non-hydrogen) atoms. The summed E-state index contributed by atoms with van der Waals surface area (Å²) in [6.45, 7) is 1.80. The first-order valence-corrected chi connectivity index (χ1v) is 5.33. The Balaban J connectivity index is 0.00000128. The zero-order chi connectivity index (χ0) is 10.5. The zero-order valence-corrected chi connectivity index (χ0v) is 9.83. The number of halogens is 1. The Labute approximate surface area is 102 Å². The van der Waals surface area contributed by atoms with Gasteiger partial charge in [-0.25, -0.2) is 4.79 Å². The van der Waals surface area contributed by atoms with Crippen LogP contribution in [0.5, 0.6) is 0 Å². The Kier molecular flexibility index (Phi) is 5.29. The molecular weight excluding hydrogens is 226 g/mol. The molecule has 1 atom stereocenters. The number of hydrogen-bond acceptors (Lipinski definition) is 3. The van der Waals surface area contributed by atoms with Crippen LogP contribution in [-0.2, 0) is 4.74 Å². The monoisotopic (exact) mass is 241 g/mol. The van der Waals surface area contributed by atoms with Crippen LogP contribution in [0, 0.1) is 0 Å². The molecule has 4 heteroatoms. The van der Waals surface area contributed by atoms with E-state index in [0.29, 0.717) is 5.56 Å². The smallest absolute Gasteiger partial charge is 0.338 e. The molecule has 1 saturated heterocycles. The molecule has 1 aliphatic rings. The topological polar surface area (TPSA) is 38.3 Å². The summed E-state index contributed by atoms with van der Waals surface area (Å²) in [6.07, 6.45) is 2.07. The molecule has 1 unspecified atom stereocenters. The molecular formula is C12H16ClNO2. The Hall–Kier alpha value is -1.06. The van der Waals surface area contributed by atoms with E-state index in [1.54, 1.807) is 12.1 Å². The lowest BCUT2D eigenvalue weighted by Crippen LogP contribution is -2.36. The van der Waals surface area contributed by atoms with Gasteiger partial charge in [0.15, 0.2) is 0 Å². The number of ether oxygens (including phenoxy) is 1. The van der Waals surface area contributed by atoms with Crippen LogP contribution in [0.15, 0.2) is 30.3 Å². The molecule has 0 saturated carbocycles. The van der Waals surface area contributed by atoms with Crippen molar-refractivity contribution in [2.75, 3.05) is 13.1 Å². The largest absolute Gasteiger partial charge is 0.457 e. The number of rotatable bonds is 2. The zero-order valence-electron chi connectivity index (χ0n) is 9.02. The van der Waals surface area contributed by atoms with Crippen LogP contribution in [0.2, 0.25) is 0 Å². The minimum Gasteiger partial charge on any atom is -0.457 e. The summed E-state index contributed by atoms with van der Waals surface area (Å²) in [5, 5.41) is 3.21. The van der Waals surface area contributed by atoms with Gasteiger partial charge in [-0.3, -0.25) is 0 Å². The molecule has 0 aliphatic carbocycles. The van der Waals surface area contributed by atoms with Crippen molar-refractivity contribution in [1.82, 2.24) is 5.32 Å². The van der Waals surface area contributed by atoms with E-state index in [2.05, 4.69) is 5.32 Å². The van der Waals surface area contributed by atoms with E-state index >= 15 is 0 Å². The van der Waals surface area contributed by atoms with Crippen molar-refractivity contribution in [2.45, 2.75) is 18.9 Å². The van der Waals surface area contributed by atoms with Gasteiger partial charge in [-0.2, -0.15) is 0 Å². The minimum atomic E-state index is -0.218. The summed E-state index contributed by atoms with van der Waals surface area (Å²) in [7, 11) is 0. The number of esters is 1. The normalized spacial score (nSPS) is 19.6. The Bertz CT molecular complexity index is 323. The molecule has 1 aliphatic heterocycles. The van der Waals surface area contributed by atoms with Crippen molar-refractivity contribution in [3.05, 3.63) is 35.9 Å². The van der Waals surface area contributed by atoms with Gasteiger partial charge >= 0.3 is 5.97 Å². The van der Waals surface area contributed by atoms with Crippen molar-refractivity contribution < 1.29 is 9.53 Å². The van der Waals surface area contributed by atoms with E-state index < -0.39 is 0 Å². The number of nitrogens with one attached hydrogen (secondary N) is 1. The van der Waals surface area contributed by atoms with Crippen LogP contribution < -0.4 is 5.32 Å². The lowest BCUT2D eigenvalue weighted by Gasteiger charge is -2.22. The summed E-state index contributed by atoms with van der Waals surface area (Å²) < 4.78 is 5.38. The highest BCUT2D eigenvalue weighted by molar-refractivity contribution is 5.89. The van der Waals surface area contributed by atoms with Gasteiger partial charge in [0.25, 0.3) is 0 Å². The molecule has 0 radical (unpaired) electrons. The minimum absolute atomic E-state index is 0. The van der Waals surface area contributed by atoms with Crippen molar-refractivity contribution in [2.24, 2.45) is 0 Å². The second-order valence-corrected chi connectivity index (χ2v) is 3.74. The lowest BCUT2D eigenvalue weighted by molar-refractivity contribution is 0.0245. The molecule has 0 bridgehead atoms. The predicted octanol–water partition coefficient (Wildman–Crippen LogP) is 2.02. The molecule has 1 fully saturated rings. The highest BCUT2D eigenvalue weighted by Gasteiger charge is 2.17. The van der Waals surface area contributed by atoms with Crippen LogP contribution in [0.4, 0.5) is 0 Å². The average molecular weight is 242 g/mol. The fourth-order valence-corrected chi connectivity index (χ4v) is 1.71. The third-order valence-electron chi connectivity index (χ3n) is 2.53. The summed E-state index contributed by atoms with van der Waals surface area (Å²) in [4.78, 5) is 11.7. The Morgan fingerprint density at radius 2 is 2.06 bits per heavy atom. The van der Waals surface area contributed by atoms with E-state index in [1.165, 1.54) is 0 Å². The predicted molar refractivity (Wildman–Crippen MR) is 65.0 cm³/mol. The fourth-order valence-electron chi connectivity index (χ4n) is 1.71. The van der Waals surface area contributed by atoms with E-state index in [4.69, 9.17) is 4.74 Å². The van der Waals surface area contributed by atoms with Crippen LogP contribution in [0.25, 0.3) is 0 Å². The molecule has 3 nitrogen and oxygen atoms in total. The molecule has 1 heterocycles. The molecule has 1 aromatic carbocycles. The van der Waals surface area contributed by atoms with Crippen molar-refractivity contribution in [3.63, 3.8) is 0 Å². The first-order chi connectivity index (χ1) is 7.36. The van der Waals surface area contributed by atoms with Crippen molar-refractivity contribution in [1.29, 1.82) is 0 Å². The van der Waals surface area contributed by atoms with E-state index in [-0.39, 0.29) is 24.5 Å². The molecule has 0 spiro atoms. The van der Waals surface area contributed by atoms with Gasteiger partial charge in [-0.15, -0.1) is 12.4 Å². The third-order valence-corrected chi connectivity index (χ3v) is 2.53. The standard InChI is InChI=1S/C12H15NO2.ClH/c14-12(10-5-2-1-3-6-10)15-11-7-4-8-13-9-11;/h1-3,5-6,11,13H,4,7-9H2;1H. The average Bonchev–Trinajstić information content (AvgIpc) is 2.31. The number of carbonyl (C=O) groups is 1. The molecule has 1 aromatic rings. The van der Waals surface area contributed by atoms with Gasteiger partial charge in [-0.05, 0) is 31.5 Å². The highest BCUT2D eigenvalue weighted by atomic mass is 35.5. The van der Waals surface area contributed by atoms with Gasteiger partial charge in [-0.1, -0.05) is 18.2 Å². The summed E-state index contributed by atoms with van der Waals surface area (Å²) in [5.74, 6) is -0.218. The second kappa shape index (κ2) is 6.51. The molecule has 1 N–H and O–H groups in total. The van der Waals surface area contributed by atoms with E-state index in [9.17, 15) is 4.79 Å². The van der Waals surface area contributed by atoms with E-state index in [0.717, 1.165) is 25.9 Å². The maximum atomic E-state index is 11.7. The highest BCUT2D eigenvalue weighted by Crippen LogP contribution is 2.09. The fraction of sp³-hybridized carbons (Fsp3) is 0.417. The number of benzene rings is 1. The molecule has 88 valence electrons. The van der Waals surface area contributed by atoms with E-state index in [1.807, 2.05) is 18.2 Å². The first kappa shape index (κ1) is 13.0. The number of hydrogen-bond donors (Lipinski definition) is 1. The van der Waals surface area contributed by atoms with Crippen LogP contribution in [0.1, 0.15) is 23.2 Å². The van der Waals surface area contributed by atoms with Crippen molar-refractivity contribution >= 4 is 18.4 Å². The second-order valence-electron chi connectivity index (χ2n) is 3.74. The molecule has 0 aromatic heterocycles. The summed E-state index contributed by atoms with van der Waals surface area (Å²) >= 11 is 0. The SMILES string of the molecule is Cl.O=C(OC1CCCNC1)c1ccccc1. The maximum absolute atomic E-state index is 11.7. The van der Waals surface area contributed by atoms with Crippen LogP contribution in [-0.4, -0.2) is 25.2 Å². The Morgan fingerprint density at radius 3 is 2.69 bits per heavy atom. The van der Waals surface area contributed by atoms with Gasteiger partial charge in [0.1, 0.15) is 6.10 Å². The van der Waals surface area contributed by atoms with Crippen LogP contribution in [0.3, 0.4) is 0 Å². The molecule has 0 amide bonds. The van der Waals surface area contributed by atoms with Gasteiger partial charge in [0.2, 0.25) is 0 Å². The number of carbonyl (C=O) groups excluding carboxylic acids is 1. The quantitative estimate of drug-likeness (QED) is 0.806. The van der Waals surface area contributed by atoms with Gasteiger partial charge in [0, 0.05) is 6.54 Å². The first-order valence-electron chi connectivity index (χ1n) is 5.33. The summed E-state index contributed by atoms with van der Waals surface area (Å²) in [5.41, 5.74) is 0.628. The van der Waals surface area contributed by atoms with Gasteiger partial charge < -0.3 is 10.1 Å². The third kappa shape index (κ3) is 3.51. The van der Waals surface area contributed by atoms with Crippen LogP contribution >= 0.6 is 12.4 Å². The van der Waals surface area contributed by atoms with Gasteiger partial charge in [0.05, 0.1) is 5.56 Å². The number of piperidine rings is 1. The molecule has 2 rings (SSSR count). The summed E-state index contributed by atoms with van der Waals surface area (Å²) in [6, 6.07) is 9.13.